The Kier molecular flexibility index (Phi) is 4.53. The summed E-state index contributed by atoms with van der Waals surface area (Å²) in [6.07, 6.45) is 0. The smallest absolute Gasteiger partial charge is 0.344 e. The summed E-state index contributed by atoms with van der Waals surface area (Å²) < 4.78 is 10.2. The SMILES string of the molecule is CC(=O)c1ccc(O)c(OCC(=O)OC(C)(C)C)c1. The summed E-state index contributed by atoms with van der Waals surface area (Å²) in [5.74, 6) is -0.741. The molecule has 1 aromatic rings. The Balaban J connectivity index is 2.70. The van der Waals surface area contributed by atoms with E-state index in [0.29, 0.717) is 5.56 Å². The molecule has 1 N–H and O–H groups in total. The zero-order valence-electron chi connectivity index (χ0n) is 11.5. The van der Waals surface area contributed by atoms with Crippen LogP contribution in [0.4, 0.5) is 0 Å². The van der Waals surface area contributed by atoms with Gasteiger partial charge in [-0.3, -0.25) is 4.79 Å². The molecule has 0 bridgehead atoms. The number of benzene rings is 1. The first-order valence-electron chi connectivity index (χ1n) is 5.87. The van der Waals surface area contributed by atoms with Crippen LogP contribution in [-0.2, 0) is 9.53 Å². The fourth-order valence-corrected chi connectivity index (χ4v) is 1.36. The molecule has 1 rings (SSSR count). The minimum Gasteiger partial charge on any atom is -0.504 e. The molecule has 1 aromatic carbocycles. The van der Waals surface area contributed by atoms with Crippen molar-refractivity contribution in [2.24, 2.45) is 0 Å². The molecule has 0 saturated carbocycles. The van der Waals surface area contributed by atoms with Crippen molar-refractivity contribution in [3.05, 3.63) is 23.8 Å². The number of phenolic OH excluding ortho intramolecular Hbond substituents is 1. The van der Waals surface area contributed by atoms with E-state index in [1.54, 1.807) is 20.8 Å². The molecule has 0 atom stereocenters. The highest BCUT2D eigenvalue weighted by atomic mass is 16.6. The first-order chi connectivity index (χ1) is 8.69. The molecule has 19 heavy (non-hydrogen) atoms. The molecule has 0 unspecified atom stereocenters. The molecule has 0 spiro atoms. The number of rotatable bonds is 4. The van der Waals surface area contributed by atoms with Crippen LogP contribution in [0.25, 0.3) is 0 Å². The van der Waals surface area contributed by atoms with Gasteiger partial charge < -0.3 is 14.6 Å². The van der Waals surface area contributed by atoms with Crippen LogP contribution in [0.3, 0.4) is 0 Å². The van der Waals surface area contributed by atoms with Gasteiger partial charge >= 0.3 is 5.97 Å². The van der Waals surface area contributed by atoms with Crippen LogP contribution in [0.2, 0.25) is 0 Å². The van der Waals surface area contributed by atoms with Gasteiger partial charge in [0.25, 0.3) is 0 Å². The van der Waals surface area contributed by atoms with Crippen molar-refractivity contribution in [2.75, 3.05) is 6.61 Å². The third kappa shape index (κ3) is 4.99. The maximum absolute atomic E-state index is 11.5. The lowest BCUT2D eigenvalue weighted by molar-refractivity contribution is -0.157. The summed E-state index contributed by atoms with van der Waals surface area (Å²) in [6.45, 7) is 6.33. The van der Waals surface area contributed by atoms with Crippen LogP contribution in [0, 0.1) is 0 Å². The third-order valence-corrected chi connectivity index (χ3v) is 2.13. The lowest BCUT2D eigenvalue weighted by Gasteiger charge is -2.19. The van der Waals surface area contributed by atoms with Crippen molar-refractivity contribution in [3.8, 4) is 11.5 Å². The molecule has 0 aliphatic heterocycles. The minimum atomic E-state index is -0.594. The molecular formula is C14H18O5. The average Bonchev–Trinajstić information content (AvgIpc) is 2.25. The largest absolute Gasteiger partial charge is 0.504 e. The number of ether oxygens (including phenoxy) is 2. The van der Waals surface area contributed by atoms with Crippen molar-refractivity contribution in [1.82, 2.24) is 0 Å². The number of carbonyl (C=O) groups is 2. The van der Waals surface area contributed by atoms with Gasteiger partial charge in [-0.1, -0.05) is 0 Å². The molecule has 0 aliphatic rings. The minimum absolute atomic E-state index is 0.0820. The van der Waals surface area contributed by atoms with Gasteiger partial charge in [0.2, 0.25) is 0 Å². The number of hydrogen-bond acceptors (Lipinski definition) is 5. The maximum atomic E-state index is 11.5. The number of aromatic hydroxyl groups is 1. The zero-order valence-corrected chi connectivity index (χ0v) is 11.5. The molecule has 0 aromatic heterocycles. The fourth-order valence-electron chi connectivity index (χ4n) is 1.36. The van der Waals surface area contributed by atoms with Gasteiger partial charge in [-0.25, -0.2) is 4.79 Å². The van der Waals surface area contributed by atoms with Gasteiger partial charge in [-0.05, 0) is 45.9 Å². The molecule has 0 fully saturated rings. The molecule has 5 nitrogen and oxygen atoms in total. The van der Waals surface area contributed by atoms with Crippen molar-refractivity contribution >= 4 is 11.8 Å². The molecule has 104 valence electrons. The number of ketones is 1. The van der Waals surface area contributed by atoms with Gasteiger partial charge in [0.1, 0.15) is 5.60 Å². The Labute approximate surface area is 112 Å². The predicted molar refractivity (Wildman–Crippen MR) is 69.5 cm³/mol. The van der Waals surface area contributed by atoms with Crippen molar-refractivity contribution in [1.29, 1.82) is 0 Å². The summed E-state index contributed by atoms with van der Waals surface area (Å²) >= 11 is 0. The lowest BCUT2D eigenvalue weighted by atomic mass is 10.1. The number of esters is 1. The monoisotopic (exact) mass is 266 g/mol. The highest BCUT2D eigenvalue weighted by Crippen LogP contribution is 2.27. The van der Waals surface area contributed by atoms with Gasteiger partial charge in [0.15, 0.2) is 23.9 Å². The van der Waals surface area contributed by atoms with E-state index in [1.165, 1.54) is 25.1 Å². The normalized spacial score (nSPS) is 10.9. The van der Waals surface area contributed by atoms with E-state index in [2.05, 4.69) is 0 Å². The van der Waals surface area contributed by atoms with Crippen molar-refractivity contribution in [2.45, 2.75) is 33.3 Å². The van der Waals surface area contributed by atoms with E-state index in [-0.39, 0.29) is 23.9 Å². The van der Waals surface area contributed by atoms with E-state index in [4.69, 9.17) is 9.47 Å². The molecule has 0 radical (unpaired) electrons. The fraction of sp³-hybridized carbons (Fsp3) is 0.429. The first-order valence-corrected chi connectivity index (χ1v) is 5.87. The van der Waals surface area contributed by atoms with Crippen LogP contribution in [0.15, 0.2) is 18.2 Å². The molecule has 0 aliphatic carbocycles. The molecular weight excluding hydrogens is 248 g/mol. The van der Waals surface area contributed by atoms with Crippen LogP contribution >= 0.6 is 0 Å². The molecule has 5 heteroatoms. The second-order valence-electron chi connectivity index (χ2n) is 5.11. The van der Waals surface area contributed by atoms with E-state index in [0.717, 1.165) is 0 Å². The maximum Gasteiger partial charge on any atom is 0.344 e. The second kappa shape index (κ2) is 5.73. The van der Waals surface area contributed by atoms with Gasteiger partial charge in [0.05, 0.1) is 0 Å². The number of hydrogen-bond donors (Lipinski definition) is 1. The lowest BCUT2D eigenvalue weighted by Crippen LogP contribution is -2.27. The predicted octanol–water partition coefficient (Wildman–Crippen LogP) is 2.32. The Morgan fingerprint density at radius 3 is 2.42 bits per heavy atom. The Morgan fingerprint density at radius 1 is 1.26 bits per heavy atom. The van der Waals surface area contributed by atoms with Gasteiger partial charge in [-0.15, -0.1) is 0 Å². The number of phenols is 1. The summed E-state index contributed by atoms with van der Waals surface area (Å²) in [4.78, 5) is 22.7. The topological polar surface area (TPSA) is 72.8 Å². The highest BCUT2D eigenvalue weighted by molar-refractivity contribution is 5.94. The van der Waals surface area contributed by atoms with E-state index in [9.17, 15) is 14.7 Å². The van der Waals surface area contributed by atoms with Crippen LogP contribution in [-0.4, -0.2) is 29.1 Å². The molecule has 0 saturated heterocycles. The summed E-state index contributed by atoms with van der Waals surface area (Å²) in [6, 6.07) is 4.22. The van der Waals surface area contributed by atoms with Crippen LogP contribution in [0.1, 0.15) is 38.1 Å². The van der Waals surface area contributed by atoms with Crippen molar-refractivity contribution < 1.29 is 24.2 Å². The molecule has 0 amide bonds. The number of carbonyl (C=O) groups excluding carboxylic acids is 2. The van der Waals surface area contributed by atoms with Gasteiger partial charge in [0, 0.05) is 5.56 Å². The second-order valence-corrected chi connectivity index (χ2v) is 5.11. The Bertz CT molecular complexity index is 485. The Morgan fingerprint density at radius 2 is 1.89 bits per heavy atom. The quantitative estimate of drug-likeness (QED) is 0.668. The Hall–Kier alpha value is -2.04. The van der Waals surface area contributed by atoms with Crippen LogP contribution in [0.5, 0.6) is 11.5 Å². The summed E-state index contributed by atoms with van der Waals surface area (Å²) in [5, 5.41) is 9.57. The van der Waals surface area contributed by atoms with Crippen LogP contribution < -0.4 is 4.74 Å². The summed E-state index contributed by atoms with van der Waals surface area (Å²) in [5.41, 5.74) is -0.194. The first kappa shape index (κ1) is 15.0. The summed E-state index contributed by atoms with van der Waals surface area (Å²) in [7, 11) is 0. The van der Waals surface area contributed by atoms with Gasteiger partial charge in [-0.2, -0.15) is 0 Å². The van der Waals surface area contributed by atoms with Crippen molar-refractivity contribution in [3.63, 3.8) is 0 Å². The van der Waals surface area contributed by atoms with E-state index in [1.807, 2.05) is 0 Å². The third-order valence-electron chi connectivity index (χ3n) is 2.13. The standard InChI is InChI=1S/C14H18O5/c1-9(15)10-5-6-11(16)12(7-10)18-8-13(17)19-14(2,3)4/h5-7,16H,8H2,1-4H3. The highest BCUT2D eigenvalue weighted by Gasteiger charge is 2.17. The van der Waals surface area contributed by atoms with E-state index < -0.39 is 11.6 Å². The number of Topliss-reactive ketones (excluding diaryl/α,β-unsaturated/α-hetero) is 1. The van der Waals surface area contributed by atoms with E-state index >= 15 is 0 Å². The average molecular weight is 266 g/mol. The zero-order chi connectivity index (χ0) is 14.6. The molecule has 0 heterocycles.